The number of aromatic nitrogens is 2. The van der Waals surface area contributed by atoms with Gasteiger partial charge in [0.15, 0.2) is 9.84 Å². The van der Waals surface area contributed by atoms with Gasteiger partial charge < -0.3 is 15.0 Å². The van der Waals surface area contributed by atoms with Crippen LogP contribution < -0.4 is 5.73 Å². The van der Waals surface area contributed by atoms with Crippen molar-refractivity contribution in [2.24, 2.45) is 10.7 Å². The molecule has 1 aromatic heterocycles. The fraction of sp³-hybridized carbons (Fsp3) is 0.143. The summed E-state index contributed by atoms with van der Waals surface area (Å²) < 4.78 is 34.1. The van der Waals surface area contributed by atoms with Crippen LogP contribution in [0.5, 0.6) is 0 Å². The van der Waals surface area contributed by atoms with Crippen LogP contribution in [-0.4, -0.2) is 48.7 Å². The van der Waals surface area contributed by atoms with E-state index < -0.39 is 15.8 Å². The number of allylic oxidation sites excluding steroid dienone is 1. The number of ether oxygens (including phenoxy) is 1. The van der Waals surface area contributed by atoms with Gasteiger partial charge in [0.1, 0.15) is 17.3 Å². The minimum atomic E-state index is -3.43. The van der Waals surface area contributed by atoms with Crippen LogP contribution in [0.1, 0.15) is 5.89 Å². The molecule has 0 spiro atoms. The van der Waals surface area contributed by atoms with Gasteiger partial charge in [0.25, 0.3) is 5.89 Å². The summed E-state index contributed by atoms with van der Waals surface area (Å²) in [5, 5.41) is 4.27. The number of rotatable bonds is 8. The summed E-state index contributed by atoms with van der Waals surface area (Å²) in [6.45, 7) is 0. The van der Waals surface area contributed by atoms with Crippen LogP contribution in [0.3, 0.4) is 0 Å². The van der Waals surface area contributed by atoms with E-state index >= 15 is 0 Å². The number of esters is 1. The zero-order chi connectivity index (χ0) is 24.0. The van der Waals surface area contributed by atoms with Crippen LogP contribution in [0.25, 0.3) is 11.4 Å². The van der Waals surface area contributed by atoms with Crippen LogP contribution in [0.15, 0.2) is 74.7 Å². The minimum Gasteiger partial charge on any atom is -0.450 e. The normalized spacial score (nSPS) is 12.6. The number of carbonyl (C=O) groups is 1. The van der Waals surface area contributed by atoms with E-state index in [2.05, 4.69) is 15.1 Å². The number of nitrogens with two attached hydrogens (primary N) is 1. The molecule has 0 amide bonds. The Morgan fingerprint density at radius 3 is 2.73 bits per heavy atom. The summed E-state index contributed by atoms with van der Waals surface area (Å²) >= 11 is 7.52. The van der Waals surface area contributed by atoms with Gasteiger partial charge >= 0.3 is 5.97 Å². The molecule has 2 N–H and O–H groups in total. The fourth-order valence-electron chi connectivity index (χ4n) is 2.53. The molecule has 0 aliphatic heterocycles. The highest BCUT2D eigenvalue weighted by atomic mass is 35.5. The first kappa shape index (κ1) is 24.5. The third-order valence-corrected chi connectivity index (χ3v) is 5.88. The maximum Gasteiger partial charge on any atom is 0.355 e. The van der Waals surface area contributed by atoms with Crippen LogP contribution in [0.4, 0.5) is 5.69 Å². The van der Waals surface area contributed by atoms with E-state index in [1.807, 2.05) is 0 Å². The zero-order valence-electron chi connectivity index (χ0n) is 17.6. The van der Waals surface area contributed by atoms with E-state index in [-0.39, 0.29) is 34.0 Å². The van der Waals surface area contributed by atoms with E-state index in [1.54, 1.807) is 42.7 Å². The molecule has 0 fully saturated rings. The van der Waals surface area contributed by atoms with E-state index in [0.717, 1.165) is 6.26 Å². The Bertz CT molecular complexity index is 1340. The Kier molecular flexibility index (Phi) is 7.90. The van der Waals surface area contributed by atoms with Crippen molar-refractivity contribution in [2.75, 3.05) is 18.5 Å². The van der Waals surface area contributed by atoms with Crippen molar-refractivity contribution in [2.45, 2.75) is 4.90 Å². The maximum absolute atomic E-state index is 12.1. The Morgan fingerprint density at radius 2 is 2.03 bits per heavy atom. The van der Waals surface area contributed by atoms with Gasteiger partial charge in [-0.05, 0) is 36.6 Å². The van der Waals surface area contributed by atoms with E-state index in [9.17, 15) is 13.2 Å². The second-order valence-corrected chi connectivity index (χ2v) is 9.85. The van der Waals surface area contributed by atoms with Crippen molar-refractivity contribution >= 4 is 50.6 Å². The standard InChI is InChI=1S/C21H19ClN4O5S2/c1-32-12-30-21(27)16(23)11-18(24-17-9-4-3-8-15(17)22)20-25-19(26-31-20)13-6-5-7-14(10-13)33(2,28)29/h3-11H,12,23H2,1-2H3/b16-11-,24-18?. The number of benzene rings is 2. The Hall–Kier alpha value is -3.15. The highest BCUT2D eigenvalue weighted by Gasteiger charge is 2.18. The molecule has 0 bridgehead atoms. The van der Waals surface area contributed by atoms with Gasteiger partial charge in [0.05, 0.1) is 15.6 Å². The molecule has 0 atom stereocenters. The predicted octanol–water partition coefficient (Wildman–Crippen LogP) is 3.62. The summed E-state index contributed by atoms with van der Waals surface area (Å²) in [4.78, 5) is 20.9. The topological polar surface area (TPSA) is 138 Å². The van der Waals surface area contributed by atoms with Crippen LogP contribution >= 0.6 is 23.4 Å². The molecule has 0 radical (unpaired) electrons. The molecule has 0 aliphatic rings. The average Bonchev–Trinajstić information content (AvgIpc) is 3.28. The van der Waals surface area contributed by atoms with Crippen molar-refractivity contribution in [1.82, 2.24) is 10.1 Å². The molecule has 0 aliphatic carbocycles. The zero-order valence-corrected chi connectivity index (χ0v) is 19.9. The van der Waals surface area contributed by atoms with Gasteiger partial charge in [-0.25, -0.2) is 18.2 Å². The summed E-state index contributed by atoms with van der Waals surface area (Å²) in [6.07, 6.45) is 4.12. The van der Waals surface area contributed by atoms with Gasteiger partial charge in [-0.3, -0.25) is 0 Å². The molecule has 3 aromatic rings. The van der Waals surface area contributed by atoms with Crippen molar-refractivity contribution < 1.29 is 22.5 Å². The van der Waals surface area contributed by atoms with Gasteiger partial charge in [0, 0.05) is 11.8 Å². The number of aliphatic imine (C=N–C) groups is 1. The van der Waals surface area contributed by atoms with Crippen LogP contribution in [-0.2, 0) is 19.4 Å². The van der Waals surface area contributed by atoms with E-state index in [4.69, 9.17) is 26.6 Å². The molecule has 0 saturated heterocycles. The number of hydrogen-bond acceptors (Lipinski definition) is 10. The highest BCUT2D eigenvalue weighted by Crippen LogP contribution is 2.26. The molecular formula is C21H19ClN4O5S2. The molecule has 33 heavy (non-hydrogen) atoms. The first-order chi connectivity index (χ1) is 15.7. The quantitative estimate of drug-likeness (QED) is 0.210. The summed E-state index contributed by atoms with van der Waals surface area (Å²) in [5.41, 5.74) is 6.52. The predicted molar refractivity (Wildman–Crippen MR) is 127 cm³/mol. The molecule has 172 valence electrons. The van der Waals surface area contributed by atoms with Gasteiger partial charge in [-0.1, -0.05) is 41.0 Å². The molecule has 1 heterocycles. The van der Waals surface area contributed by atoms with E-state index in [1.165, 1.54) is 30.0 Å². The van der Waals surface area contributed by atoms with Crippen LogP contribution in [0.2, 0.25) is 5.02 Å². The third kappa shape index (κ3) is 6.44. The monoisotopic (exact) mass is 506 g/mol. The largest absolute Gasteiger partial charge is 0.450 e. The van der Waals surface area contributed by atoms with Crippen molar-refractivity contribution in [1.29, 1.82) is 0 Å². The van der Waals surface area contributed by atoms with Crippen molar-refractivity contribution in [3.63, 3.8) is 0 Å². The Balaban J connectivity index is 2.05. The number of thioether (sulfide) groups is 1. The molecule has 12 heteroatoms. The van der Waals surface area contributed by atoms with Crippen LogP contribution in [0, 0.1) is 0 Å². The van der Waals surface area contributed by atoms with Crippen molar-refractivity contribution in [3.05, 3.63) is 71.2 Å². The number of sulfone groups is 1. The number of halogens is 1. The smallest absolute Gasteiger partial charge is 0.355 e. The first-order valence-electron chi connectivity index (χ1n) is 9.30. The SMILES string of the molecule is CSCOC(=O)/C(N)=C/C(=Nc1ccccc1Cl)c1nc(-c2cccc(S(C)(=O)=O)c2)no1. The lowest BCUT2D eigenvalue weighted by atomic mass is 10.2. The lowest BCUT2D eigenvalue weighted by Crippen LogP contribution is -2.16. The Labute approximate surface area is 199 Å². The van der Waals surface area contributed by atoms with Gasteiger partial charge in [-0.15, -0.1) is 11.8 Å². The molecule has 3 rings (SSSR count). The molecule has 0 unspecified atom stereocenters. The number of nitrogens with zero attached hydrogens (tertiary/aromatic N) is 3. The van der Waals surface area contributed by atoms with Gasteiger partial charge in [-0.2, -0.15) is 4.98 Å². The van der Waals surface area contributed by atoms with Crippen molar-refractivity contribution in [3.8, 4) is 11.4 Å². The maximum atomic E-state index is 12.1. The lowest BCUT2D eigenvalue weighted by molar-refractivity contribution is -0.136. The highest BCUT2D eigenvalue weighted by molar-refractivity contribution is 7.98. The van der Waals surface area contributed by atoms with Gasteiger partial charge in [0.2, 0.25) is 5.82 Å². The average molecular weight is 507 g/mol. The third-order valence-electron chi connectivity index (χ3n) is 4.09. The summed E-state index contributed by atoms with van der Waals surface area (Å²) in [5.74, 6) is -0.544. The second kappa shape index (κ2) is 10.6. The molecule has 0 saturated carbocycles. The fourth-order valence-corrected chi connectivity index (χ4v) is 3.60. The number of carbonyl (C=O) groups excluding carboxylic acids is 1. The molecular weight excluding hydrogens is 488 g/mol. The number of para-hydroxylation sites is 1. The summed E-state index contributed by atoms with van der Waals surface area (Å²) in [7, 11) is -3.43. The lowest BCUT2D eigenvalue weighted by Gasteiger charge is -2.04. The molecule has 9 nitrogen and oxygen atoms in total. The summed E-state index contributed by atoms with van der Waals surface area (Å²) in [6, 6.07) is 12.9. The Morgan fingerprint density at radius 1 is 1.27 bits per heavy atom. The minimum absolute atomic E-state index is 0.0599. The molecule has 2 aromatic carbocycles. The second-order valence-electron chi connectivity index (χ2n) is 6.61. The van der Waals surface area contributed by atoms with E-state index in [0.29, 0.717) is 16.3 Å². The first-order valence-corrected chi connectivity index (χ1v) is 13.0. The number of hydrogen-bond donors (Lipinski definition) is 1.